The number of methoxy groups -OCH3 is 2. The molecule has 0 aliphatic rings. The Morgan fingerprint density at radius 2 is 1.76 bits per heavy atom. The Hall–Kier alpha value is -4.25. The number of benzene rings is 2. The highest BCUT2D eigenvalue weighted by Crippen LogP contribution is 2.28. The van der Waals surface area contributed by atoms with Gasteiger partial charge in [0.05, 0.1) is 19.8 Å². The Morgan fingerprint density at radius 3 is 2.41 bits per heavy atom. The van der Waals surface area contributed by atoms with E-state index in [4.69, 9.17) is 14.2 Å². The van der Waals surface area contributed by atoms with Gasteiger partial charge in [-0.15, -0.1) is 0 Å². The molecular weight excluding hydrogens is 436 g/mol. The van der Waals surface area contributed by atoms with Gasteiger partial charge in [0.15, 0.2) is 18.1 Å². The Balaban J connectivity index is 1.92. The number of carbonyl (C=O) groups excluding carboxylic acids is 1. The number of pyridine rings is 1. The minimum absolute atomic E-state index is 0.0496. The lowest BCUT2D eigenvalue weighted by atomic mass is 10.0. The molecule has 1 aromatic heterocycles. The summed E-state index contributed by atoms with van der Waals surface area (Å²) in [6.45, 7) is 3.02. The SMILES string of the molecule is COc1ccc(CCn2c(O)c(C(=O)COc3ccccc3C)c(C)c(C#N)c2=O)cc1OC. The zero-order chi connectivity index (χ0) is 24.8. The molecule has 0 fully saturated rings. The predicted octanol–water partition coefficient (Wildman–Crippen LogP) is 3.56. The average Bonchev–Trinajstić information content (AvgIpc) is 2.83. The molecule has 0 unspecified atom stereocenters. The average molecular weight is 463 g/mol. The van der Waals surface area contributed by atoms with E-state index in [-0.39, 0.29) is 29.8 Å². The lowest BCUT2D eigenvalue weighted by molar-refractivity contribution is 0.0916. The van der Waals surface area contributed by atoms with Crippen molar-refractivity contribution in [3.63, 3.8) is 0 Å². The molecule has 0 bridgehead atoms. The van der Waals surface area contributed by atoms with Gasteiger partial charge in [-0.25, -0.2) is 0 Å². The van der Waals surface area contributed by atoms with Crippen LogP contribution in [0.3, 0.4) is 0 Å². The monoisotopic (exact) mass is 462 g/mol. The number of aromatic hydroxyl groups is 1. The topological polar surface area (TPSA) is 111 Å². The van der Waals surface area contributed by atoms with Gasteiger partial charge in [-0.2, -0.15) is 5.26 Å². The van der Waals surface area contributed by atoms with E-state index in [0.29, 0.717) is 23.7 Å². The van der Waals surface area contributed by atoms with Crippen molar-refractivity contribution >= 4 is 5.78 Å². The standard InChI is InChI=1S/C26H26N2O6/c1-16-7-5-6-8-21(16)34-15-20(29)24-17(2)19(14-27)25(30)28(26(24)31)12-11-18-9-10-22(32-3)23(13-18)33-4/h5-10,13,31H,11-12,15H2,1-4H3. The number of rotatable bonds is 9. The van der Waals surface area contributed by atoms with Gasteiger partial charge in [-0.1, -0.05) is 24.3 Å². The van der Waals surface area contributed by atoms with E-state index >= 15 is 0 Å². The highest BCUT2D eigenvalue weighted by atomic mass is 16.5. The van der Waals surface area contributed by atoms with E-state index < -0.39 is 17.2 Å². The number of aryl methyl sites for hydroxylation is 2. The number of hydrogen-bond donors (Lipinski definition) is 1. The van der Waals surface area contributed by atoms with Crippen molar-refractivity contribution in [1.29, 1.82) is 5.26 Å². The Morgan fingerprint density at radius 1 is 1.06 bits per heavy atom. The molecule has 0 spiro atoms. The number of hydrogen-bond acceptors (Lipinski definition) is 7. The fraction of sp³-hybridized carbons (Fsp3) is 0.269. The molecule has 3 aromatic rings. The smallest absolute Gasteiger partial charge is 0.271 e. The van der Waals surface area contributed by atoms with Gasteiger partial charge in [-0.05, 0) is 55.2 Å². The number of ketones is 1. The second-order valence-corrected chi connectivity index (χ2v) is 7.68. The number of Topliss-reactive ketones (excluding diaryl/α,β-unsaturated/α-hetero) is 1. The molecule has 3 rings (SSSR count). The van der Waals surface area contributed by atoms with Crippen LogP contribution in [0.15, 0.2) is 47.3 Å². The van der Waals surface area contributed by atoms with Crippen LogP contribution in [0.25, 0.3) is 0 Å². The van der Waals surface area contributed by atoms with Crippen molar-refractivity contribution in [1.82, 2.24) is 4.57 Å². The third kappa shape index (κ3) is 4.89. The summed E-state index contributed by atoms with van der Waals surface area (Å²) in [4.78, 5) is 25.9. The molecule has 8 nitrogen and oxygen atoms in total. The lowest BCUT2D eigenvalue weighted by Crippen LogP contribution is -2.28. The van der Waals surface area contributed by atoms with E-state index in [1.54, 1.807) is 24.3 Å². The van der Waals surface area contributed by atoms with Gasteiger partial charge >= 0.3 is 0 Å². The summed E-state index contributed by atoms with van der Waals surface area (Å²) in [6.07, 6.45) is 0.342. The van der Waals surface area contributed by atoms with Crippen molar-refractivity contribution in [2.24, 2.45) is 0 Å². The molecule has 0 atom stereocenters. The van der Waals surface area contributed by atoms with Gasteiger partial charge in [0.25, 0.3) is 5.56 Å². The van der Waals surface area contributed by atoms with Crippen molar-refractivity contribution < 1.29 is 24.1 Å². The van der Waals surface area contributed by atoms with E-state index in [1.165, 1.54) is 21.1 Å². The van der Waals surface area contributed by atoms with Crippen molar-refractivity contribution in [2.75, 3.05) is 20.8 Å². The van der Waals surface area contributed by atoms with Crippen molar-refractivity contribution in [2.45, 2.75) is 26.8 Å². The summed E-state index contributed by atoms with van der Waals surface area (Å²) in [5, 5.41) is 20.4. The van der Waals surface area contributed by atoms with E-state index in [0.717, 1.165) is 15.7 Å². The van der Waals surface area contributed by atoms with Gasteiger partial charge in [0.1, 0.15) is 17.4 Å². The van der Waals surface area contributed by atoms with Crippen LogP contribution in [-0.2, 0) is 13.0 Å². The number of nitrogens with zero attached hydrogens (tertiary/aromatic N) is 2. The second-order valence-electron chi connectivity index (χ2n) is 7.68. The molecule has 34 heavy (non-hydrogen) atoms. The predicted molar refractivity (Wildman–Crippen MR) is 126 cm³/mol. The first-order valence-corrected chi connectivity index (χ1v) is 10.6. The molecule has 1 heterocycles. The summed E-state index contributed by atoms with van der Waals surface area (Å²) in [5.74, 6) is 0.613. The summed E-state index contributed by atoms with van der Waals surface area (Å²) in [7, 11) is 3.06. The molecule has 0 radical (unpaired) electrons. The maximum Gasteiger partial charge on any atom is 0.271 e. The third-order valence-electron chi connectivity index (χ3n) is 5.60. The van der Waals surface area contributed by atoms with E-state index in [9.17, 15) is 20.0 Å². The zero-order valence-corrected chi connectivity index (χ0v) is 19.5. The number of carbonyl (C=O) groups is 1. The molecule has 0 saturated carbocycles. The molecule has 0 amide bonds. The van der Waals surface area contributed by atoms with Crippen LogP contribution in [0.5, 0.6) is 23.1 Å². The van der Waals surface area contributed by atoms with Crippen LogP contribution in [0.2, 0.25) is 0 Å². The zero-order valence-electron chi connectivity index (χ0n) is 19.5. The van der Waals surface area contributed by atoms with Gasteiger partial charge < -0.3 is 19.3 Å². The van der Waals surface area contributed by atoms with Crippen LogP contribution in [-0.4, -0.2) is 36.3 Å². The fourth-order valence-corrected chi connectivity index (χ4v) is 3.70. The van der Waals surface area contributed by atoms with Crippen LogP contribution in [0.4, 0.5) is 0 Å². The number of ether oxygens (including phenoxy) is 3. The molecule has 0 aliphatic heterocycles. The largest absolute Gasteiger partial charge is 0.494 e. The highest BCUT2D eigenvalue weighted by Gasteiger charge is 2.24. The number of aromatic nitrogens is 1. The molecular formula is C26H26N2O6. The summed E-state index contributed by atoms with van der Waals surface area (Å²) in [5.41, 5.74) is 0.856. The number of nitriles is 1. The number of para-hydroxylation sites is 1. The van der Waals surface area contributed by atoms with Gasteiger partial charge in [-0.3, -0.25) is 14.2 Å². The lowest BCUT2D eigenvalue weighted by Gasteiger charge is -2.16. The first-order chi connectivity index (χ1) is 16.3. The second kappa shape index (κ2) is 10.6. The van der Waals surface area contributed by atoms with Crippen LogP contribution >= 0.6 is 0 Å². The molecule has 0 aliphatic carbocycles. The maximum atomic E-state index is 13.0. The normalized spacial score (nSPS) is 10.4. The van der Waals surface area contributed by atoms with Crippen molar-refractivity contribution in [3.05, 3.63) is 80.6 Å². The Bertz CT molecular complexity index is 1320. The van der Waals surface area contributed by atoms with E-state index in [1.807, 2.05) is 31.2 Å². The molecule has 1 N–H and O–H groups in total. The quantitative estimate of drug-likeness (QED) is 0.484. The minimum Gasteiger partial charge on any atom is -0.494 e. The third-order valence-corrected chi connectivity index (χ3v) is 5.60. The maximum absolute atomic E-state index is 13.0. The summed E-state index contributed by atoms with van der Waals surface area (Å²) in [6, 6.07) is 14.4. The first-order valence-electron chi connectivity index (χ1n) is 10.6. The van der Waals surface area contributed by atoms with Gasteiger partial charge in [0, 0.05) is 6.54 Å². The minimum atomic E-state index is -0.658. The van der Waals surface area contributed by atoms with E-state index in [2.05, 4.69) is 0 Å². The Labute approximate surface area is 197 Å². The molecule has 8 heteroatoms. The summed E-state index contributed by atoms with van der Waals surface area (Å²) >= 11 is 0. The molecule has 2 aromatic carbocycles. The van der Waals surface area contributed by atoms with Crippen LogP contribution < -0.4 is 19.8 Å². The Kier molecular flexibility index (Phi) is 7.59. The summed E-state index contributed by atoms with van der Waals surface area (Å²) < 4.78 is 17.2. The van der Waals surface area contributed by atoms with Gasteiger partial charge in [0.2, 0.25) is 11.7 Å². The highest BCUT2D eigenvalue weighted by molar-refractivity contribution is 6.01. The molecule has 176 valence electrons. The van der Waals surface area contributed by atoms with Crippen LogP contribution in [0.1, 0.15) is 32.6 Å². The first kappa shape index (κ1) is 24.4. The molecule has 0 saturated heterocycles. The van der Waals surface area contributed by atoms with Crippen molar-refractivity contribution in [3.8, 4) is 29.2 Å². The van der Waals surface area contributed by atoms with Crippen LogP contribution in [0, 0.1) is 25.2 Å². The fourth-order valence-electron chi connectivity index (χ4n) is 3.70.